The minimum atomic E-state index is -0.497. The summed E-state index contributed by atoms with van der Waals surface area (Å²) in [6.45, 7) is 3.93. The second-order valence-electron chi connectivity index (χ2n) is 7.85. The molecule has 1 fully saturated rings. The van der Waals surface area contributed by atoms with Crippen molar-refractivity contribution in [3.63, 3.8) is 0 Å². The largest absolute Gasteiger partial charge is 0.378 e. The van der Waals surface area contributed by atoms with Crippen molar-refractivity contribution in [1.29, 1.82) is 0 Å². The molecular formula is C24H25FN4O2S. The minimum Gasteiger partial charge on any atom is -0.378 e. The summed E-state index contributed by atoms with van der Waals surface area (Å²) in [5, 5.41) is 3.17. The monoisotopic (exact) mass is 452 g/mol. The Hall–Kier alpha value is -2.81. The molecule has 32 heavy (non-hydrogen) atoms. The molecule has 2 aliphatic rings. The molecule has 0 saturated carbocycles. The molecule has 1 amide bonds. The van der Waals surface area contributed by atoms with Gasteiger partial charge in [0.25, 0.3) is 5.91 Å². The molecule has 0 aliphatic carbocycles. The number of anilines is 1. The zero-order chi connectivity index (χ0) is 22.2. The average molecular weight is 453 g/mol. The highest BCUT2D eigenvalue weighted by Crippen LogP contribution is 2.46. The van der Waals surface area contributed by atoms with Crippen molar-refractivity contribution >= 4 is 38.7 Å². The van der Waals surface area contributed by atoms with E-state index in [0.29, 0.717) is 26.3 Å². The molecule has 1 N–H and O–H groups in total. The molecule has 3 heterocycles. The van der Waals surface area contributed by atoms with Crippen LogP contribution in [0.15, 0.2) is 48.7 Å². The Morgan fingerprint density at radius 2 is 2.06 bits per heavy atom. The van der Waals surface area contributed by atoms with Crippen molar-refractivity contribution in [3.8, 4) is 0 Å². The molecule has 0 bridgehead atoms. The van der Waals surface area contributed by atoms with Gasteiger partial charge in [-0.05, 0) is 54.0 Å². The number of carbonyl (C=O) groups is 1. The van der Waals surface area contributed by atoms with Gasteiger partial charge in [-0.1, -0.05) is 24.3 Å². The van der Waals surface area contributed by atoms with Crippen LogP contribution in [0.5, 0.6) is 0 Å². The van der Waals surface area contributed by atoms with Gasteiger partial charge in [-0.2, -0.15) is 0 Å². The van der Waals surface area contributed by atoms with Crippen LogP contribution in [0, 0.1) is 5.82 Å². The van der Waals surface area contributed by atoms with E-state index in [4.69, 9.17) is 4.74 Å². The Morgan fingerprint density at radius 1 is 1.25 bits per heavy atom. The number of carbonyl (C=O) groups excluding carboxylic acids is 1. The molecule has 6 nitrogen and oxygen atoms in total. The van der Waals surface area contributed by atoms with Crippen molar-refractivity contribution in [3.05, 3.63) is 71.2 Å². The molecule has 1 saturated heterocycles. The van der Waals surface area contributed by atoms with Crippen LogP contribution in [0.2, 0.25) is 0 Å². The molecule has 2 aliphatic heterocycles. The number of pyridine rings is 1. The average Bonchev–Trinajstić information content (AvgIpc) is 2.84. The van der Waals surface area contributed by atoms with Gasteiger partial charge >= 0.3 is 0 Å². The number of morpholine rings is 1. The molecule has 5 rings (SSSR count). The van der Waals surface area contributed by atoms with Crippen LogP contribution >= 0.6 is 10.9 Å². The topological polar surface area (TPSA) is 57.7 Å². The summed E-state index contributed by atoms with van der Waals surface area (Å²) in [5.41, 5.74) is 3.94. The van der Waals surface area contributed by atoms with E-state index in [1.807, 2.05) is 26.1 Å². The maximum absolute atomic E-state index is 14.8. The number of nitrogens with zero attached hydrogens (tertiary/aromatic N) is 3. The molecule has 2 aromatic carbocycles. The van der Waals surface area contributed by atoms with Gasteiger partial charge in [-0.25, -0.2) is 8.70 Å². The number of rotatable bonds is 2. The number of fused-ring (bicyclic) bond motifs is 3. The van der Waals surface area contributed by atoms with Crippen molar-refractivity contribution in [2.45, 2.75) is 13.0 Å². The highest BCUT2D eigenvalue weighted by molar-refractivity contribution is 8.14. The minimum absolute atomic E-state index is 0.108. The third-order valence-corrected chi connectivity index (χ3v) is 7.73. The number of aromatic nitrogens is 1. The first-order valence-corrected chi connectivity index (χ1v) is 11.9. The van der Waals surface area contributed by atoms with Gasteiger partial charge in [-0.3, -0.25) is 9.78 Å². The van der Waals surface area contributed by atoms with Gasteiger partial charge in [0.2, 0.25) is 0 Å². The highest BCUT2D eigenvalue weighted by Gasteiger charge is 2.32. The smallest absolute Gasteiger partial charge is 0.256 e. The molecule has 166 valence electrons. The molecule has 0 spiro atoms. The highest BCUT2D eigenvalue weighted by atomic mass is 32.2. The predicted octanol–water partition coefficient (Wildman–Crippen LogP) is 4.21. The number of nitrogens with one attached hydrogen (secondary N) is 1. The normalized spacial score (nSPS) is 21.4. The van der Waals surface area contributed by atoms with Gasteiger partial charge in [0.05, 0.1) is 36.0 Å². The van der Waals surface area contributed by atoms with Crippen molar-refractivity contribution < 1.29 is 13.9 Å². The van der Waals surface area contributed by atoms with Crippen LogP contribution in [0.25, 0.3) is 10.9 Å². The summed E-state index contributed by atoms with van der Waals surface area (Å²) in [6.07, 6.45) is 1.79. The van der Waals surface area contributed by atoms with Gasteiger partial charge < -0.3 is 14.4 Å². The fourth-order valence-corrected chi connectivity index (χ4v) is 5.89. The summed E-state index contributed by atoms with van der Waals surface area (Å²) < 4.78 is 25.9. The summed E-state index contributed by atoms with van der Waals surface area (Å²) in [4.78, 5) is 19.3. The second kappa shape index (κ2) is 8.61. The summed E-state index contributed by atoms with van der Waals surface area (Å²) in [7, 11) is 1.68. The first kappa shape index (κ1) is 21.1. The molecule has 2 unspecified atom stereocenters. The van der Waals surface area contributed by atoms with Crippen LogP contribution < -0.4 is 4.72 Å². The van der Waals surface area contributed by atoms with Crippen LogP contribution in [-0.4, -0.2) is 58.8 Å². The van der Waals surface area contributed by atoms with Crippen LogP contribution in [0.1, 0.15) is 34.5 Å². The first-order valence-electron chi connectivity index (χ1n) is 10.6. The summed E-state index contributed by atoms with van der Waals surface area (Å²) in [6, 6.07) is 12.9. The van der Waals surface area contributed by atoms with Gasteiger partial charge in [0, 0.05) is 30.2 Å². The Balaban J connectivity index is 1.63. The van der Waals surface area contributed by atoms with Crippen molar-refractivity contribution in [2.75, 3.05) is 38.1 Å². The molecule has 8 heteroatoms. The molecule has 0 radical (unpaired) electrons. The fraction of sp³-hybridized carbons (Fsp3) is 0.292. The lowest BCUT2D eigenvalue weighted by molar-refractivity contribution is 0.0299. The van der Waals surface area contributed by atoms with Crippen LogP contribution in [0.3, 0.4) is 0 Å². The molecule has 1 aromatic heterocycles. The quantitative estimate of drug-likeness (QED) is 0.590. The van der Waals surface area contributed by atoms with E-state index in [2.05, 4.69) is 31.5 Å². The third-order valence-electron chi connectivity index (χ3n) is 6.04. The number of hydrogen-bond donors (Lipinski definition) is 1. The molecular weight excluding hydrogens is 427 g/mol. The number of amides is 1. The van der Waals surface area contributed by atoms with Crippen molar-refractivity contribution in [2.24, 2.45) is 0 Å². The maximum atomic E-state index is 14.8. The Kier molecular flexibility index (Phi) is 5.67. The van der Waals surface area contributed by atoms with Gasteiger partial charge in [0.15, 0.2) is 0 Å². The number of ether oxygens (including phenoxy) is 1. The van der Waals surface area contributed by atoms with Crippen molar-refractivity contribution in [1.82, 2.24) is 14.2 Å². The van der Waals surface area contributed by atoms with Gasteiger partial charge in [0.1, 0.15) is 5.82 Å². The lowest BCUT2D eigenvalue weighted by Crippen LogP contribution is -2.41. The number of benzene rings is 2. The SMILES string of the molecule is C/C=S1\Nc2c(ccc3cccnc23)C(c2ccc(F)c(C(=O)N3CCOCC3)c2)N1C. The predicted molar refractivity (Wildman–Crippen MR) is 127 cm³/mol. The van der Waals surface area contributed by atoms with Gasteiger partial charge in [-0.15, -0.1) is 0 Å². The standard InChI is InChI=1S/C24H25FN4O2S/c1-3-32-27-22-18(8-6-16-5-4-10-26-21(16)22)23(28(32)2)17-7-9-20(25)19(15-17)24(30)29-11-13-31-14-12-29/h3-10,15,23,27H,11-14H2,1-2H3. The lowest BCUT2D eigenvalue weighted by Gasteiger charge is -2.38. The first-order chi connectivity index (χ1) is 15.6. The van der Waals surface area contributed by atoms with Crippen LogP contribution in [0.4, 0.5) is 10.1 Å². The lowest BCUT2D eigenvalue weighted by atomic mass is 9.94. The van der Waals surface area contributed by atoms with E-state index in [-0.39, 0.29) is 28.4 Å². The second-order valence-corrected chi connectivity index (χ2v) is 9.73. The molecule has 2 atom stereocenters. The maximum Gasteiger partial charge on any atom is 0.256 e. The summed E-state index contributed by atoms with van der Waals surface area (Å²) >= 11 is 0. The Bertz CT molecular complexity index is 1230. The van der Waals surface area contributed by atoms with E-state index < -0.39 is 5.82 Å². The number of halogens is 1. The van der Waals surface area contributed by atoms with E-state index >= 15 is 0 Å². The van der Waals surface area contributed by atoms with E-state index in [9.17, 15) is 9.18 Å². The summed E-state index contributed by atoms with van der Waals surface area (Å²) in [5.74, 6) is -0.783. The Morgan fingerprint density at radius 3 is 2.84 bits per heavy atom. The van der Waals surface area contributed by atoms with E-state index in [1.165, 1.54) is 6.07 Å². The van der Waals surface area contributed by atoms with Crippen LogP contribution in [-0.2, 0) is 4.74 Å². The van der Waals surface area contributed by atoms with E-state index in [1.54, 1.807) is 23.2 Å². The zero-order valence-corrected chi connectivity index (χ0v) is 18.9. The number of hydrogen-bond acceptors (Lipinski definition) is 5. The molecule has 3 aromatic rings. The zero-order valence-electron chi connectivity index (χ0n) is 18.0. The third kappa shape index (κ3) is 3.58. The Labute approximate surface area is 189 Å². The van der Waals surface area contributed by atoms with E-state index in [0.717, 1.165) is 27.7 Å². The fourth-order valence-electron chi connectivity index (χ4n) is 4.41.